The molecule has 118 valence electrons. The number of nitrogens with zero attached hydrogens (tertiary/aromatic N) is 3. The van der Waals surface area contributed by atoms with Crippen LogP contribution in [0.4, 0.5) is 5.13 Å². The van der Waals surface area contributed by atoms with Crippen molar-refractivity contribution < 1.29 is 4.79 Å². The Morgan fingerprint density at radius 3 is 3.00 bits per heavy atom. The summed E-state index contributed by atoms with van der Waals surface area (Å²) in [5.41, 5.74) is 2.17. The van der Waals surface area contributed by atoms with Gasteiger partial charge < -0.3 is 0 Å². The fourth-order valence-corrected chi connectivity index (χ4v) is 3.63. The number of thioether (sulfide) groups is 1. The Labute approximate surface area is 146 Å². The van der Waals surface area contributed by atoms with Gasteiger partial charge in [0.1, 0.15) is 0 Å². The Balaban J connectivity index is 1.86. The maximum absolute atomic E-state index is 12.4. The van der Waals surface area contributed by atoms with Crippen LogP contribution in [0.5, 0.6) is 0 Å². The summed E-state index contributed by atoms with van der Waals surface area (Å²) in [5.74, 6) is 0.436. The Morgan fingerprint density at radius 1 is 1.39 bits per heavy atom. The number of rotatable bonds is 4. The van der Waals surface area contributed by atoms with Crippen molar-refractivity contribution in [1.29, 1.82) is 0 Å². The van der Waals surface area contributed by atoms with E-state index in [1.807, 2.05) is 32.0 Å². The summed E-state index contributed by atoms with van der Waals surface area (Å²) < 4.78 is 1.02. The van der Waals surface area contributed by atoms with Gasteiger partial charge in [-0.2, -0.15) is 0 Å². The van der Waals surface area contributed by atoms with Gasteiger partial charge >= 0.3 is 0 Å². The zero-order valence-corrected chi connectivity index (χ0v) is 14.8. The van der Waals surface area contributed by atoms with Crippen LogP contribution in [0.15, 0.2) is 29.6 Å². The van der Waals surface area contributed by atoms with E-state index in [-0.39, 0.29) is 16.6 Å². The number of aryl methyl sites for hydroxylation is 1. The van der Waals surface area contributed by atoms with Crippen molar-refractivity contribution in [3.05, 3.63) is 40.7 Å². The van der Waals surface area contributed by atoms with E-state index in [2.05, 4.69) is 20.3 Å². The van der Waals surface area contributed by atoms with Crippen LogP contribution in [0.25, 0.3) is 10.2 Å². The van der Waals surface area contributed by atoms with E-state index in [9.17, 15) is 4.79 Å². The molecule has 5 nitrogen and oxygen atoms in total. The molecule has 0 radical (unpaired) electrons. The highest BCUT2D eigenvalue weighted by Gasteiger charge is 2.16. The van der Waals surface area contributed by atoms with E-state index in [1.165, 1.54) is 29.3 Å². The molecule has 8 heteroatoms. The number of carbonyl (C=O) groups excluding carboxylic acids is 1. The average molecular weight is 365 g/mol. The van der Waals surface area contributed by atoms with Crippen LogP contribution < -0.4 is 5.32 Å². The molecule has 2 heterocycles. The second kappa shape index (κ2) is 6.82. The molecular formula is C15H13ClN4OS2. The predicted octanol–water partition coefficient (Wildman–Crippen LogP) is 4.41. The molecule has 0 bridgehead atoms. The number of carbonyl (C=O) groups is 1. The highest BCUT2D eigenvalue weighted by Crippen LogP contribution is 2.27. The van der Waals surface area contributed by atoms with Gasteiger partial charge in [-0.05, 0) is 30.4 Å². The average Bonchev–Trinajstić information content (AvgIpc) is 2.90. The van der Waals surface area contributed by atoms with Crippen molar-refractivity contribution in [3.8, 4) is 0 Å². The third kappa shape index (κ3) is 3.63. The molecule has 0 spiro atoms. The molecule has 3 aromatic rings. The second-order valence-corrected chi connectivity index (χ2v) is 7.40. The number of thiazole rings is 1. The second-order valence-electron chi connectivity index (χ2n) is 4.73. The van der Waals surface area contributed by atoms with Crippen LogP contribution in [0.2, 0.25) is 5.02 Å². The number of benzene rings is 1. The highest BCUT2D eigenvalue weighted by molar-refractivity contribution is 7.99. The van der Waals surface area contributed by atoms with Gasteiger partial charge in [0.15, 0.2) is 16.0 Å². The molecule has 3 rings (SSSR count). The zero-order valence-electron chi connectivity index (χ0n) is 12.5. The minimum absolute atomic E-state index is 0.160. The summed E-state index contributed by atoms with van der Waals surface area (Å²) in [6, 6.07) is 5.96. The number of aromatic nitrogens is 3. The molecule has 0 aliphatic rings. The lowest BCUT2D eigenvalue weighted by Gasteiger charge is -2.04. The fraction of sp³-hybridized carbons (Fsp3) is 0.200. The van der Waals surface area contributed by atoms with Crippen molar-refractivity contribution in [2.75, 3.05) is 11.1 Å². The first kappa shape index (κ1) is 16.2. The van der Waals surface area contributed by atoms with Crippen molar-refractivity contribution in [2.45, 2.75) is 19.0 Å². The van der Waals surface area contributed by atoms with Gasteiger partial charge in [0.25, 0.3) is 5.91 Å². The van der Waals surface area contributed by atoms with Gasteiger partial charge in [0, 0.05) is 0 Å². The molecule has 0 saturated heterocycles. The van der Waals surface area contributed by atoms with E-state index < -0.39 is 0 Å². The molecular weight excluding hydrogens is 352 g/mol. The molecule has 0 saturated carbocycles. The van der Waals surface area contributed by atoms with Gasteiger partial charge in [-0.1, -0.05) is 47.7 Å². The quantitative estimate of drug-likeness (QED) is 0.548. The van der Waals surface area contributed by atoms with Crippen molar-refractivity contribution in [3.63, 3.8) is 0 Å². The SMILES string of the molecule is CCSc1ncc(Cl)c(C(=O)Nc2nc3ccc(C)cc3s2)n1. The van der Waals surface area contributed by atoms with Gasteiger partial charge in [-0.25, -0.2) is 15.0 Å². The predicted molar refractivity (Wildman–Crippen MR) is 95.8 cm³/mol. The summed E-state index contributed by atoms with van der Waals surface area (Å²) in [5, 5.41) is 4.04. The van der Waals surface area contributed by atoms with Gasteiger partial charge in [-0.3, -0.25) is 10.1 Å². The molecule has 0 aliphatic heterocycles. The Bertz CT molecular complexity index is 881. The first-order valence-electron chi connectivity index (χ1n) is 6.90. The van der Waals surface area contributed by atoms with Gasteiger partial charge in [0.2, 0.25) is 0 Å². The monoisotopic (exact) mass is 364 g/mol. The molecule has 1 aromatic carbocycles. The topological polar surface area (TPSA) is 67.8 Å². The lowest BCUT2D eigenvalue weighted by molar-refractivity contribution is 0.102. The van der Waals surface area contributed by atoms with E-state index in [0.717, 1.165) is 21.5 Å². The maximum Gasteiger partial charge on any atom is 0.277 e. The van der Waals surface area contributed by atoms with Crippen LogP contribution in [0, 0.1) is 6.92 Å². The summed E-state index contributed by atoms with van der Waals surface area (Å²) >= 11 is 8.92. The first-order chi connectivity index (χ1) is 11.1. The Morgan fingerprint density at radius 2 is 2.22 bits per heavy atom. The molecule has 0 aliphatic carbocycles. The zero-order chi connectivity index (χ0) is 16.4. The number of amides is 1. The van der Waals surface area contributed by atoms with Crippen molar-refractivity contribution in [1.82, 2.24) is 15.0 Å². The fourth-order valence-electron chi connectivity index (χ4n) is 1.95. The third-order valence-corrected chi connectivity index (χ3v) is 4.93. The molecule has 0 fully saturated rings. The van der Waals surface area contributed by atoms with Crippen LogP contribution in [-0.4, -0.2) is 26.6 Å². The minimum atomic E-state index is -0.383. The lowest BCUT2D eigenvalue weighted by Crippen LogP contribution is -2.15. The van der Waals surface area contributed by atoms with Crippen molar-refractivity contribution in [2.24, 2.45) is 0 Å². The number of hydrogen-bond donors (Lipinski definition) is 1. The van der Waals surface area contributed by atoms with Gasteiger partial charge in [0.05, 0.1) is 21.4 Å². The number of hydrogen-bond acceptors (Lipinski definition) is 6. The summed E-state index contributed by atoms with van der Waals surface area (Å²) in [6.07, 6.45) is 1.45. The van der Waals surface area contributed by atoms with Crippen LogP contribution in [0.3, 0.4) is 0 Å². The molecule has 1 N–H and O–H groups in total. The first-order valence-corrected chi connectivity index (χ1v) is 9.08. The molecule has 2 aromatic heterocycles. The number of nitrogens with one attached hydrogen (secondary N) is 1. The highest BCUT2D eigenvalue weighted by atomic mass is 35.5. The summed E-state index contributed by atoms with van der Waals surface area (Å²) in [6.45, 7) is 4.01. The van der Waals surface area contributed by atoms with Gasteiger partial charge in [-0.15, -0.1) is 0 Å². The van der Waals surface area contributed by atoms with Crippen LogP contribution in [-0.2, 0) is 0 Å². The van der Waals surface area contributed by atoms with Crippen LogP contribution >= 0.6 is 34.7 Å². The standard InChI is InChI=1S/C15H13ClN4OS2/c1-3-22-14-17-7-9(16)12(19-14)13(21)20-15-18-10-5-4-8(2)6-11(10)23-15/h4-7H,3H2,1-2H3,(H,18,20,21). The lowest BCUT2D eigenvalue weighted by atomic mass is 10.2. The molecule has 0 unspecified atom stereocenters. The van der Waals surface area contributed by atoms with E-state index in [4.69, 9.17) is 11.6 Å². The van der Waals surface area contributed by atoms with E-state index >= 15 is 0 Å². The van der Waals surface area contributed by atoms with E-state index in [0.29, 0.717) is 10.3 Å². The molecule has 0 atom stereocenters. The van der Waals surface area contributed by atoms with Crippen molar-refractivity contribution >= 4 is 56.0 Å². The number of halogens is 1. The maximum atomic E-state index is 12.4. The third-order valence-electron chi connectivity index (χ3n) is 2.97. The van der Waals surface area contributed by atoms with Crippen LogP contribution in [0.1, 0.15) is 23.0 Å². The summed E-state index contributed by atoms with van der Waals surface area (Å²) in [4.78, 5) is 25.1. The number of anilines is 1. The summed E-state index contributed by atoms with van der Waals surface area (Å²) in [7, 11) is 0. The number of fused-ring (bicyclic) bond motifs is 1. The largest absolute Gasteiger partial charge is 0.296 e. The smallest absolute Gasteiger partial charge is 0.277 e. The molecule has 1 amide bonds. The van der Waals surface area contributed by atoms with E-state index in [1.54, 1.807) is 0 Å². The minimum Gasteiger partial charge on any atom is -0.296 e. The Hall–Kier alpha value is -1.70. The normalized spacial score (nSPS) is 10.9. The molecule has 23 heavy (non-hydrogen) atoms. The Kier molecular flexibility index (Phi) is 4.79.